The summed E-state index contributed by atoms with van der Waals surface area (Å²) in [6, 6.07) is 11.3. The number of aromatic nitrogens is 2. The SMILES string of the molecule is CN(c1cc(=O)n(C)c2cccnc12)[C@H]1CC[C@@H](/C(=N\OC(C)(C)C)c2ccc(F)cc2)C[C@@H]1O. The number of nitrogens with zero attached hydrogens (tertiary/aromatic N) is 4. The molecule has 2 heterocycles. The molecule has 0 saturated heterocycles. The van der Waals surface area contributed by atoms with Gasteiger partial charge in [-0.2, -0.15) is 0 Å². The Balaban J connectivity index is 1.61. The summed E-state index contributed by atoms with van der Waals surface area (Å²) in [4.78, 5) is 24.8. The monoisotopic (exact) mass is 480 g/mol. The second kappa shape index (κ2) is 9.77. The zero-order valence-electron chi connectivity index (χ0n) is 20.9. The van der Waals surface area contributed by atoms with Crippen molar-refractivity contribution in [1.29, 1.82) is 0 Å². The van der Waals surface area contributed by atoms with Crippen LogP contribution < -0.4 is 10.5 Å². The molecule has 35 heavy (non-hydrogen) atoms. The maximum absolute atomic E-state index is 13.5. The number of fused-ring (bicyclic) bond motifs is 1. The zero-order valence-corrected chi connectivity index (χ0v) is 20.9. The molecule has 1 N–H and O–H groups in total. The highest BCUT2D eigenvalue weighted by Crippen LogP contribution is 2.34. The maximum Gasteiger partial charge on any atom is 0.252 e. The molecule has 1 aliphatic carbocycles. The van der Waals surface area contributed by atoms with Crippen LogP contribution in [0.1, 0.15) is 45.6 Å². The number of oxime groups is 1. The van der Waals surface area contributed by atoms with Crippen molar-refractivity contribution in [2.45, 2.75) is 57.8 Å². The third kappa shape index (κ3) is 5.37. The van der Waals surface area contributed by atoms with Crippen molar-refractivity contribution in [3.05, 3.63) is 70.4 Å². The van der Waals surface area contributed by atoms with E-state index in [-0.39, 0.29) is 23.3 Å². The fraction of sp³-hybridized carbons (Fsp3) is 0.444. The Bertz CT molecular complexity index is 1280. The van der Waals surface area contributed by atoms with E-state index in [1.165, 1.54) is 12.1 Å². The Kier molecular flexibility index (Phi) is 6.94. The van der Waals surface area contributed by atoms with Gasteiger partial charge in [0.05, 0.1) is 29.1 Å². The number of anilines is 1. The van der Waals surface area contributed by atoms with Crippen molar-refractivity contribution in [1.82, 2.24) is 9.55 Å². The largest absolute Gasteiger partial charge is 0.391 e. The molecule has 0 bridgehead atoms. The van der Waals surface area contributed by atoms with Crippen LogP contribution in [-0.2, 0) is 11.9 Å². The molecule has 2 aromatic heterocycles. The number of hydrogen-bond acceptors (Lipinski definition) is 6. The van der Waals surface area contributed by atoms with Crippen molar-refractivity contribution in [2.24, 2.45) is 18.1 Å². The number of hydrogen-bond donors (Lipinski definition) is 1. The van der Waals surface area contributed by atoms with Gasteiger partial charge in [-0.25, -0.2) is 4.39 Å². The van der Waals surface area contributed by atoms with E-state index < -0.39 is 11.7 Å². The van der Waals surface area contributed by atoms with E-state index in [0.29, 0.717) is 24.2 Å². The fourth-order valence-corrected chi connectivity index (χ4v) is 4.71. The standard InChI is InChI=1S/C27H33FN4O3/c1-27(2,3)35-30-25(17-8-11-19(28)12-9-17)18-10-13-20(23(33)15-18)31(4)22-16-24(34)32(5)21-7-6-14-29-26(21)22/h6-9,11-12,14,16,18,20,23,33H,10,13,15H2,1-5H3/b30-25-/t18-,20+,23+/m1/s1. The van der Waals surface area contributed by atoms with Crippen LogP contribution in [0, 0.1) is 11.7 Å². The number of benzene rings is 1. The molecule has 4 rings (SSSR count). The number of rotatable bonds is 5. The molecule has 1 aromatic carbocycles. The normalized spacial score (nSPS) is 21.2. The van der Waals surface area contributed by atoms with Crippen LogP contribution in [0.15, 0.2) is 58.6 Å². The Morgan fingerprint density at radius 1 is 1.23 bits per heavy atom. The predicted molar refractivity (Wildman–Crippen MR) is 136 cm³/mol. The van der Waals surface area contributed by atoms with Crippen molar-refractivity contribution >= 4 is 22.4 Å². The van der Waals surface area contributed by atoms with Crippen LogP contribution in [0.3, 0.4) is 0 Å². The van der Waals surface area contributed by atoms with Crippen LogP contribution in [0.4, 0.5) is 10.1 Å². The van der Waals surface area contributed by atoms with Crippen molar-refractivity contribution < 1.29 is 14.3 Å². The van der Waals surface area contributed by atoms with Gasteiger partial charge in [0.2, 0.25) is 0 Å². The van der Waals surface area contributed by atoms with E-state index in [0.717, 1.165) is 23.0 Å². The minimum Gasteiger partial charge on any atom is -0.391 e. The zero-order chi connectivity index (χ0) is 25.3. The van der Waals surface area contributed by atoms with E-state index in [1.807, 2.05) is 44.9 Å². The number of aliphatic hydroxyl groups is 1. The van der Waals surface area contributed by atoms with E-state index in [1.54, 1.807) is 36.0 Å². The van der Waals surface area contributed by atoms with Gasteiger partial charge >= 0.3 is 0 Å². The topological polar surface area (TPSA) is 80.0 Å². The molecule has 0 aliphatic heterocycles. The summed E-state index contributed by atoms with van der Waals surface area (Å²) < 4.78 is 15.1. The second-order valence-electron chi connectivity index (χ2n) is 10.2. The molecular weight excluding hydrogens is 447 g/mol. The first-order chi connectivity index (χ1) is 16.5. The number of aryl methyl sites for hydroxylation is 1. The number of aliphatic hydroxyl groups excluding tert-OH is 1. The first-order valence-electron chi connectivity index (χ1n) is 11.9. The van der Waals surface area contributed by atoms with Crippen LogP contribution in [0.2, 0.25) is 0 Å². The molecule has 1 aliphatic rings. The summed E-state index contributed by atoms with van der Waals surface area (Å²) in [6.07, 6.45) is 2.95. The molecule has 0 amide bonds. The van der Waals surface area contributed by atoms with E-state index >= 15 is 0 Å². The van der Waals surface area contributed by atoms with Gasteiger partial charge in [-0.15, -0.1) is 0 Å². The smallest absolute Gasteiger partial charge is 0.252 e. The lowest BCUT2D eigenvalue weighted by Crippen LogP contribution is -2.47. The van der Waals surface area contributed by atoms with Gasteiger partial charge < -0.3 is 19.4 Å². The lowest BCUT2D eigenvalue weighted by atomic mass is 9.79. The second-order valence-corrected chi connectivity index (χ2v) is 10.2. The van der Waals surface area contributed by atoms with E-state index in [4.69, 9.17) is 4.84 Å². The average Bonchev–Trinajstić information content (AvgIpc) is 2.81. The summed E-state index contributed by atoms with van der Waals surface area (Å²) in [7, 11) is 3.63. The minimum atomic E-state index is -0.665. The van der Waals surface area contributed by atoms with Crippen molar-refractivity contribution in [3.63, 3.8) is 0 Å². The summed E-state index contributed by atoms with van der Waals surface area (Å²) in [5.41, 5.74) is 3.06. The first-order valence-corrected chi connectivity index (χ1v) is 11.9. The van der Waals surface area contributed by atoms with Gasteiger partial charge in [0, 0.05) is 32.3 Å². The predicted octanol–water partition coefficient (Wildman–Crippen LogP) is 4.26. The lowest BCUT2D eigenvalue weighted by molar-refractivity contribution is -0.000635. The van der Waals surface area contributed by atoms with Crippen molar-refractivity contribution in [2.75, 3.05) is 11.9 Å². The van der Waals surface area contributed by atoms with Crippen LogP contribution in [0.25, 0.3) is 11.0 Å². The fourth-order valence-electron chi connectivity index (χ4n) is 4.71. The highest BCUT2D eigenvalue weighted by molar-refractivity contribution is 6.02. The molecule has 186 valence electrons. The molecule has 0 spiro atoms. The van der Waals surface area contributed by atoms with Gasteiger partial charge in [0.1, 0.15) is 16.9 Å². The van der Waals surface area contributed by atoms with Gasteiger partial charge in [-0.05, 0) is 69.9 Å². The van der Waals surface area contributed by atoms with Gasteiger partial charge in [0.15, 0.2) is 0 Å². The lowest BCUT2D eigenvalue weighted by Gasteiger charge is -2.40. The first kappa shape index (κ1) is 24.9. The van der Waals surface area contributed by atoms with Crippen molar-refractivity contribution in [3.8, 4) is 0 Å². The third-order valence-corrected chi connectivity index (χ3v) is 6.58. The molecule has 8 heteroatoms. The van der Waals surface area contributed by atoms with Crippen LogP contribution in [0.5, 0.6) is 0 Å². The summed E-state index contributed by atoms with van der Waals surface area (Å²) >= 11 is 0. The number of halogens is 1. The molecule has 3 atom stereocenters. The molecule has 7 nitrogen and oxygen atoms in total. The maximum atomic E-state index is 13.5. The third-order valence-electron chi connectivity index (χ3n) is 6.58. The highest BCUT2D eigenvalue weighted by atomic mass is 19.1. The van der Waals surface area contributed by atoms with Gasteiger partial charge in [-0.3, -0.25) is 9.78 Å². The van der Waals surface area contributed by atoms with E-state index in [2.05, 4.69) is 10.1 Å². The molecule has 1 saturated carbocycles. The van der Waals surface area contributed by atoms with Crippen LogP contribution >= 0.6 is 0 Å². The Labute approximate surface area is 204 Å². The molecule has 0 unspecified atom stereocenters. The number of pyridine rings is 2. The summed E-state index contributed by atoms with van der Waals surface area (Å²) in [5, 5.41) is 15.7. The Hall–Kier alpha value is -3.26. The van der Waals surface area contributed by atoms with Crippen LogP contribution in [-0.4, -0.2) is 45.2 Å². The minimum absolute atomic E-state index is 0.0547. The average molecular weight is 481 g/mol. The van der Waals surface area contributed by atoms with E-state index in [9.17, 15) is 14.3 Å². The number of likely N-dealkylation sites (N-methyl/N-ethyl adjacent to an activating group) is 1. The van der Waals surface area contributed by atoms with Gasteiger partial charge in [0.25, 0.3) is 5.56 Å². The molecule has 3 aromatic rings. The summed E-state index contributed by atoms with van der Waals surface area (Å²) in [5.74, 6) is -0.369. The molecule has 0 radical (unpaired) electrons. The highest BCUT2D eigenvalue weighted by Gasteiger charge is 2.35. The Morgan fingerprint density at radius 2 is 1.94 bits per heavy atom. The molecular formula is C27H33FN4O3. The molecule has 1 fully saturated rings. The Morgan fingerprint density at radius 3 is 2.60 bits per heavy atom. The van der Waals surface area contributed by atoms with Gasteiger partial charge in [-0.1, -0.05) is 17.3 Å². The summed E-state index contributed by atoms with van der Waals surface area (Å²) in [6.45, 7) is 5.76. The quantitative estimate of drug-likeness (QED) is 0.436.